The number of benzene rings is 1. The summed E-state index contributed by atoms with van der Waals surface area (Å²) in [6.07, 6.45) is 3.97. The lowest BCUT2D eigenvalue weighted by Gasteiger charge is -2.16. The number of hydrogen-bond acceptors (Lipinski definition) is 5. The molecule has 0 saturated heterocycles. The lowest BCUT2D eigenvalue weighted by molar-refractivity contribution is -0.153. The largest absolute Gasteiger partial charge is 0.465 e. The molecule has 1 aromatic heterocycles. The summed E-state index contributed by atoms with van der Waals surface area (Å²) < 4.78 is 10.5. The van der Waals surface area contributed by atoms with Gasteiger partial charge in [-0.15, -0.1) is 11.8 Å². The number of hydrogen-bond donors (Lipinski definition) is 0. The van der Waals surface area contributed by atoms with Crippen LogP contribution in [0.3, 0.4) is 0 Å². The van der Waals surface area contributed by atoms with Gasteiger partial charge in [-0.1, -0.05) is 24.4 Å². The maximum Gasteiger partial charge on any atom is 0.337 e. The summed E-state index contributed by atoms with van der Waals surface area (Å²) >= 11 is 7.69. The fourth-order valence-electron chi connectivity index (χ4n) is 2.35. The Balaban J connectivity index is 1.72. The zero-order valence-electron chi connectivity index (χ0n) is 15.5. The van der Waals surface area contributed by atoms with E-state index in [0.717, 1.165) is 41.7 Å². The Morgan fingerprint density at radius 1 is 1.15 bits per heavy atom. The van der Waals surface area contributed by atoms with E-state index >= 15 is 0 Å². The van der Waals surface area contributed by atoms with Crippen LogP contribution in [0.2, 0.25) is 5.02 Å². The Morgan fingerprint density at radius 3 is 2.62 bits per heavy atom. The highest BCUT2D eigenvalue weighted by Crippen LogP contribution is 2.29. The molecule has 0 unspecified atom stereocenters. The number of unbranched alkanes of at least 4 members (excludes halogenated alkanes) is 3. The van der Waals surface area contributed by atoms with Crippen molar-refractivity contribution in [2.75, 3.05) is 12.4 Å². The lowest BCUT2D eigenvalue weighted by atomic mass is 9.97. The third-order valence-corrected chi connectivity index (χ3v) is 5.18. The average Bonchev–Trinajstić information content (AvgIpc) is 2.56. The van der Waals surface area contributed by atoms with Crippen molar-refractivity contribution in [1.29, 1.82) is 0 Å². The van der Waals surface area contributed by atoms with Crippen molar-refractivity contribution >= 4 is 40.3 Å². The van der Waals surface area contributed by atoms with Gasteiger partial charge in [-0.05, 0) is 57.6 Å². The molecule has 2 aromatic rings. The van der Waals surface area contributed by atoms with Crippen LogP contribution in [0, 0.1) is 5.41 Å². The monoisotopic (exact) mass is 396 g/mol. The van der Waals surface area contributed by atoms with Crippen LogP contribution < -0.4 is 5.63 Å². The van der Waals surface area contributed by atoms with E-state index in [1.54, 1.807) is 23.9 Å². The minimum absolute atomic E-state index is 0.151. The molecule has 0 saturated carbocycles. The summed E-state index contributed by atoms with van der Waals surface area (Å²) in [6.45, 7) is 6.04. The van der Waals surface area contributed by atoms with Crippen LogP contribution in [0.5, 0.6) is 0 Å². The molecule has 0 amide bonds. The number of rotatable bonds is 8. The average molecular weight is 397 g/mol. The number of thioether (sulfide) groups is 1. The molecule has 2 rings (SSSR count). The maximum atomic E-state index is 11.7. The van der Waals surface area contributed by atoms with E-state index < -0.39 is 5.41 Å². The Hall–Kier alpha value is -1.46. The van der Waals surface area contributed by atoms with E-state index in [0.29, 0.717) is 17.2 Å². The SMILES string of the molecule is CC(C)(C)C(=O)OCCCCCCSc1cc(=O)oc2ccc(Cl)cc12. The summed E-state index contributed by atoms with van der Waals surface area (Å²) in [6, 6.07) is 6.79. The standard InChI is InChI=1S/C20H25ClO4S/c1-20(2,3)19(23)24-10-6-4-5-7-11-26-17-13-18(22)25-16-9-8-14(21)12-15(16)17/h8-9,12-13H,4-7,10-11H2,1-3H3. The van der Waals surface area contributed by atoms with E-state index in [1.807, 2.05) is 26.8 Å². The highest BCUT2D eigenvalue weighted by molar-refractivity contribution is 7.99. The van der Waals surface area contributed by atoms with Gasteiger partial charge in [0.1, 0.15) is 5.58 Å². The van der Waals surface area contributed by atoms with Crippen molar-refractivity contribution in [1.82, 2.24) is 0 Å². The molecule has 0 fully saturated rings. The summed E-state index contributed by atoms with van der Waals surface area (Å²) in [7, 11) is 0. The zero-order chi connectivity index (χ0) is 19.2. The van der Waals surface area contributed by atoms with Gasteiger partial charge in [0, 0.05) is 21.4 Å². The van der Waals surface area contributed by atoms with E-state index in [-0.39, 0.29) is 11.6 Å². The fraction of sp³-hybridized carbons (Fsp3) is 0.500. The number of carbonyl (C=O) groups excluding carboxylic acids is 1. The molecule has 0 bridgehead atoms. The van der Waals surface area contributed by atoms with Gasteiger partial charge >= 0.3 is 11.6 Å². The third kappa shape index (κ3) is 6.36. The summed E-state index contributed by atoms with van der Waals surface area (Å²) in [5, 5.41) is 1.49. The molecule has 0 spiro atoms. The zero-order valence-corrected chi connectivity index (χ0v) is 17.0. The minimum Gasteiger partial charge on any atom is -0.465 e. The van der Waals surface area contributed by atoms with Crippen molar-refractivity contribution in [2.45, 2.75) is 51.3 Å². The van der Waals surface area contributed by atoms with Gasteiger partial charge in [0.05, 0.1) is 12.0 Å². The summed E-state index contributed by atoms with van der Waals surface area (Å²) in [5.74, 6) is 0.758. The molecule has 0 aliphatic heterocycles. The van der Waals surface area contributed by atoms with Crippen LogP contribution in [0.25, 0.3) is 11.0 Å². The molecule has 4 nitrogen and oxygen atoms in total. The van der Waals surface area contributed by atoms with Crippen molar-refractivity contribution in [3.8, 4) is 0 Å². The van der Waals surface area contributed by atoms with Crippen LogP contribution in [0.15, 0.2) is 38.4 Å². The van der Waals surface area contributed by atoms with Gasteiger partial charge in [0.25, 0.3) is 0 Å². The second-order valence-corrected chi connectivity index (χ2v) is 8.79. The molecule has 0 N–H and O–H groups in total. The van der Waals surface area contributed by atoms with E-state index in [1.165, 1.54) is 6.07 Å². The number of carbonyl (C=O) groups is 1. The molecule has 1 aromatic carbocycles. The Labute approximate surface area is 163 Å². The second-order valence-electron chi connectivity index (χ2n) is 7.22. The van der Waals surface area contributed by atoms with Crippen LogP contribution in [0.1, 0.15) is 46.5 Å². The van der Waals surface area contributed by atoms with Crippen LogP contribution >= 0.6 is 23.4 Å². The predicted molar refractivity (Wildman–Crippen MR) is 107 cm³/mol. The summed E-state index contributed by atoms with van der Waals surface area (Å²) in [4.78, 5) is 24.2. The van der Waals surface area contributed by atoms with Crippen molar-refractivity contribution < 1.29 is 13.9 Å². The molecule has 142 valence electrons. The predicted octanol–water partition coefficient (Wildman–Crippen LogP) is 5.69. The number of halogens is 1. The highest BCUT2D eigenvalue weighted by Gasteiger charge is 2.22. The topological polar surface area (TPSA) is 56.5 Å². The second kappa shape index (κ2) is 9.47. The molecule has 0 atom stereocenters. The molecule has 0 radical (unpaired) electrons. The molecule has 6 heteroatoms. The molecular weight excluding hydrogens is 372 g/mol. The highest BCUT2D eigenvalue weighted by atomic mass is 35.5. The molecule has 0 aliphatic rings. The van der Waals surface area contributed by atoms with Crippen LogP contribution in [-0.4, -0.2) is 18.3 Å². The van der Waals surface area contributed by atoms with Gasteiger partial charge in [-0.25, -0.2) is 4.79 Å². The molecule has 0 aliphatic carbocycles. The smallest absolute Gasteiger partial charge is 0.337 e. The first-order valence-corrected chi connectivity index (χ1v) is 10.2. The van der Waals surface area contributed by atoms with Crippen molar-refractivity contribution in [3.05, 3.63) is 39.7 Å². The van der Waals surface area contributed by atoms with Gasteiger partial charge in [0.15, 0.2) is 0 Å². The lowest BCUT2D eigenvalue weighted by Crippen LogP contribution is -2.23. The maximum absolute atomic E-state index is 11.7. The van der Waals surface area contributed by atoms with E-state index in [9.17, 15) is 9.59 Å². The Morgan fingerprint density at radius 2 is 1.88 bits per heavy atom. The molecule has 1 heterocycles. The fourth-order valence-corrected chi connectivity index (χ4v) is 3.58. The van der Waals surface area contributed by atoms with Crippen LogP contribution in [0.4, 0.5) is 0 Å². The number of ether oxygens (including phenoxy) is 1. The summed E-state index contributed by atoms with van der Waals surface area (Å²) in [5.41, 5.74) is -0.224. The third-order valence-electron chi connectivity index (χ3n) is 3.81. The number of esters is 1. The van der Waals surface area contributed by atoms with Gasteiger partial charge in [0.2, 0.25) is 0 Å². The van der Waals surface area contributed by atoms with Crippen LogP contribution in [-0.2, 0) is 9.53 Å². The minimum atomic E-state index is -0.440. The van der Waals surface area contributed by atoms with Gasteiger partial charge < -0.3 is 9.15 Å². The Kier molecular flexibility index (Phi) is 7.59. The first-order valence-electron chi connectivity index (χ1n) is 8.81. The quantitative estimate of drug-likeness (QED) is 0.248. The van der Waals surface area contributed by atoms with E-state index in [4.69, 9.17) is 20.8 Å². The van der Waals surface area contributed by atoms with Crippen molar-refractivity contribution in [3.63, 3.8) is 0 Å². The Bertz CT molecular complexity index is 808. The first-order chi connectivity index (χ1) is 12.3. The molecule has 26 heavy (non-hydrogen) atoms. The first kappa shape index (κ1) is 20.8. The molecular formula is C20H25ClO4S. The van der Waals surface area contributed by atoms with Gasteiger partial charge in [-0.2, -0.15) is 0 Å². The normalized spacial score (nSPS) is 11.7. The van der Waals surface area contributed by atoms with E-state index in [2.05, 4.69) is 0 Å². The van der Waals surface area contributed by atoms with Gasteiger partial charge in [-0.3, -0.25) is 4.79 Å². The van der Waals surface area contributed by atoms with Crippen molar-refractivity contribution in [2.24, 2.45) is 5.41 Å². The number of fused-ring (bicyclic) bond motifs is 1.